The summed E-state index contributed by atoms with van der Waals surface area (Å²) in [7, 11) is 0. The molecule has 0 spiro atoms. The van der Waals surface area contributed by atoms with Crippen LogP contribution in [0.25, 0.3) is 0 Å². The van der Waals surface area contributed by atoms with E-state index >= 15 is 0 Å². The van der Waals surface area contributed by atoms with Crippen LogP contribution in [0.15, 0.2) is 72.8 Å². The smallest absolute Gasteiger partial charge is 0.193 e. The van der Waals surface area contributed by atoms with Crippen LogP contribution in [-0.2, 0) is 0 Å². The van der Waals surface area contributed by atoms with Gasteiger partial charge >= 0.3 is 0 Å². The average Bonchev–Trinajstić information content (AvgIpc) is 2.58. The van der Waals surface area contributed by atoms with Gasteiger partial charge in [-0.05, 0) is 67.6 Å². The highest BCUT2D eigenvalue weighted by molar-refractivity contribution is 6.09. The molecule has 0 saturated carbocycles. The lowest BCUT2D eigenvalue weighted by atomic mass is 10.0. The van der Waals surface area contributed by atoms with Gasteiger partial charge in [0.2, 0.25) is 0 Å². The van der Waals surface area contributed by atoms with E-state index in [4.69, 9.17) is 10.5 Å². The van der Waals surface area contributed by atoms with Crippen molar-refractivity contribution >= 4 is 11.5 Å². The molecule has 0 bridgehead atoms. The van der Waals surface area contributed by atoms with Crippen molar-refractivity contribution in [2.75, 3.05) is 5.73 Å². The third-order valence-electron chi connectivity index (χ3n) is 3.55. The Bertz CT molecular complexity index is 804. The fraction of sp³-hybridized carbons (Fsp3) is 0.0500. The third-order valence-corrected chi connectivity index (χ3v) is 3.55. The van der Waals surface area contributed by atoms with E-state index in [2.05, 4.69) is 0 Å². The minimum Gasteiger partial charge on any atom is -0.457 e. The number of nitrogens with two attached hydrogens (primary N) is 1. The lowest BCUT2D eigenvalue weighted by Gasteiger charge is -2.07. The molecule has 3 heteroatoms. The van der Waals surface area contributed by atoms with Crippen LogP contribution in [0.3, 0.4) is 0 Å². The Kier molecular flexibility index (Phi) is 4.11. The van der Waals surface area contributed by atoms with Crippen molar-refractivity contribution in [3.8, 4) is 11.5 Å². The monoisotopic (exact) mass is 303 g/mol. The number of carbonyl (C=O) groups is 1. The number of rotatable bonds is 4. The van der Waals surface area contributed by atoms with Crippen LogP contribution in [0.4, 0.5) is 5.69 Å². The minimum absolute atomic E-state index is 0.0353. The van der Waals surface area contributed by atoms with Gasteiger partial charge < -0.3 is 10.5 Å². The van der Waals surface area contributed by atoms with Crippen LogP contribution in [-0.4, -0.2) is 5.78 Å². The molecule has 2 N–H and O–H groups in total. The van der Waals surface area contributed by atoms with Gasteiger partial charge in [0, 0.05) is 16.8 Å². The first-order valence-electron chi connectivity index (χ1n) is 7.37. The molecule has 0 aliphatic heterocycles. The van der Waals surface area contributed by atoms with E-state index in [1.165, 1.54) is 5.56 Å². The van der Waals surface area contributed by atoms with Gasteiger partial charge in [0.15, 0.2) is 5.78 Å². The van der Waals surface area contributed by atoms with Crippen molar-refractivity contribution in [2.24, 2.45) is 0 Å². The Morgan fingerprint density at radius 2 is 1.17 bits per heavy atom. The Morgan fingerprint density at radius 1 is 0.739 bits per heavy atom. The zero-order valence-electron chi connectivity index (χ0n) is 12.8. The van der Waals surface area contributed by atoms with E-state index in [-0.39, 0.29) is 5.78 Å². The number of nitrogen functional groups attached to an aromatic ring is 1. The van der Waals surface area contributed by atoms with Gasteiger partial charge in [0.25, 0.3) is 0 Å². The molecule has 0 radical (unpaired) electrons. The Morgan fingerprint density at radius 3 is 1.70 bits per heavy atom. The summed E-state index contributed by atoms with van der Waals surface area (Å²) in [6.07, 6.45) is 0. The molecule has 3 aromatic rings. The quantitative estimate of drug-likeness (QED) is 0.566. The Balaban J connectivity index is 1.75. The number of ketones is 1. The van der Waals surface area contributed by atoms with E-state index in [9.17, 15) is 4.79 Å². The van der Waals surface area contributed by atoms with Crippen molar-refractivity contribution in [1.82, 2.24) is 0 Å². The summed E-state index contributed by atoms with van der Waals surface area (Å²) in [5.74, 6) is 1.43. The van der Waals surface area contributed by atoms with E-state index in [0.717, 1.165) is 5.75 Å². The summed E-state index contributed by atoms with van der Waals surface area (Å²) in [4.78, 5) is 12.4. The van der Waals surface area contributed by atoms with Crippen molar-refractivity contribution in [3.63, 3.8) is 0 Å². The van der Waals surface area contributed by atoms with Gasteiger partial charge in [-0.1, -0.05) is 17.7 Å². The highest BCUT2D eigenvalue weighted by atomic mass is 16.5. The standard InChI is InChI=1S/C20H17NO2/c1-14-2-10-18(11-3-14)23-19-12-6-16(7-13-19)20(22)15-4-8-17(21)9-5-15/h2-13H,21H2,1H3. The van der Waals surface area contributed by atoms with Crippen LogP contribution in [0, 0.1) is 6.92 Å². The fourth-order valence-corrected chi connectivity index (χ4v) is 2.22. The zero-order chi connectivity index (χ0) is 16.2. The van der Waals surface area contributed by atoms with Gasteiger partial charge in [-0.2, -0.15) is 0 Å². The highest BCUT2D eigenvalue weighted by Gasteiger charge is 2.09. The third kappa shape index (κ3) is 3.58. The highest BCUT2D eigenvalue weighted by Crippen LogP contribution is 2.23. The first-order chi connectivity index (χ1) is 11.1. The molecule has 0 aliphatic carbocycles. The van der Waals surface area contributed by atoms with Crippen LogP contribution in [0.2, 0.25) is 0 Å². The van der Waals surface area contributed by atoms with Crippen LogP contribution in [0.5, 0.6) is 11.5 Å². The summed E-state index contributed by atoms with van der Waals surface area (Å²) in [5.41, 5.74) is 8.70. The molecule has 0 heterocycles. The molecule has 3 rings (SSSR count). The van der Waals surface area contributed by atoms with Crippen LogP contribution in [0.1, 0.15) is 21.5 Å². The fourth-order valence-electron chi connectivity index (χ4n) is 2.22. The van der Waals surface area contributed by atoms with Crippen molar-refractivity contribution in [3.05, 3.63) is 89.5 Å². The summed E-state index contributed by atoms with van der Waals surface area (Å²) in [6, 6.07) is 21.9. The number of anilines is 1. The molecule has 0 amide bonds. The molecule has 23 heavy (non-hydrogen) atoms. The Hall–Kier alpha value is -3.07. The second-order valence-electron chi connectivity index (χ2n) is 5.39. The van der Waals surface area contributed by atoms with Crippen molar-refractivity contribution < 1.29 is 9.53 Å². The van der Waals surface area contributed by atoms with Crippen LogP contribution < -0.4 is 10.5 Å². The molecule has 0 aromatic heterocycles. The number of carbonyl (C=O) groups excluding carboxylic acids is 1. The molecule has 0 unspecified atom stereocenters. The van der Waals surface area contributed by atoms with Gasteiger partial charge in [0.1, 0.15) is 11.5 Å². The molecule has 0 aliphatic rings. The SMILES string of the molecule is Cc1ccc(Oc2ccc(C(=O)c3ccc(N)cc3)cc2)cc1. The van der Waals surface area contributed by atoms with E-state index in [0.29, 0.717) is 22.6 Å². The van der Waals surface area contributed by atoms with Gasteiger partial charge in [-0.25, -0.2) is 0 Å². The second kappa shape index (κ2) is 6.36. The topological polar surface area (TPSA) is 52.3 Å². The first kappa shape index (κ1) is 14.9. The summed E-state index contributed by atoms with van der Waals surface area (Å²) in [6.45, 7) is 2.03. The predicted octanol–water partition coefficient (Wildman–Crippen LogP) is 4.60. The van der Waals surface area contributed by atoms with Gasteiger partial charge in [0.05, 0.1) is 0 Å². The van der Waals surface area contributed by atoms with E-state index in [1.807, 2.05) is 31.2 Å². The normalized spacial score (nSPS) is 10.3. The summed E-state index contributed by atoms with van der Waals surface area (Å²) < 4.78 is 5.76. The van der Waals surface area contributed by atoms with E-state index < -0.39 is 0 Å². The molecular formula is C20H17NO2. The lowest BCUT2D eigenvalue weighted by Crippen LogP contribution is -2.01. The number of aryl methyl sites for hydroxylation is 1. The molecular weight excluding hydrogens is 286 g/mol. The molecule has 114 valence electrons. The van der Waals surface area contributed by atoms with E-state index in [1.54, 1.807) is 48.5 Å². The maximum atomic E-state index is 12.4. The summed E-state index contributed by atoms with van der Waals surface area (Å²) in [5, 5.41) is 0. The molecule has 0 atom stereocenters. The lowest BCUT2D eigenvalue weighted by molar-refractivity contribution is 0.103. The van der Waals surface area contributed by atoms with Crippen molar-refractivity contribution in [1.29, 1.82) is 0 Å². The minimum atomic E-state index is -0.0353. The maximum Gasteiger partial charge on any atom is 0.193 e. The molecule has 0 fully saturated rings. The summed E-state index contributed by atoms with van der Waals surface area (Å²) >= 11 is 0. The molecule has 0 saturated heterocycles. The molecule has 3 nitrogen and oxygen atoms in total. The Labute approximate surface area is 135 Å². The number of benzene rings is 3. The second-order valence-corrected chi connectivity index (χ2v) is 5.39. The zero-order valence-corrected chi connectivity index (χ0v) is 12.8. The average molecular weight is 303 g/mol. The van der Waals surface area contributed by atoms with Crippen molar-refractivity contribution in [2.45, 2.75) is 6.92 Å². The van der Waals surface area contributed by atoms with Crippen LogP contribution >= 0.6 is 0 Å². The molecule has 3 aromatic carbocycles. The predicted molar refractivity (Wildman–Crippen MR) is 92.0 cm³/mol. The van der Waals surface area contributed by atoms with Gasteiger partial charge in [-0.3, -0.25) is 4.79 Å². The number of hydrogen-bond acceptors (Lipinski definition) is 3. The largest absolute Gasteiger partial charge is 0.457 e. The maximum absolute atomic E-state index is 12.4. The number of ether oxygens (including phenoxy) is 1. The van der Waals surface area contributed by atoms with Gasteiger partial charge in [-0.15, -0.1) is 0 Å². The number of hydrogen-bond donors (Lipinski definition) is 1. The first-order valence-corrected chi connectivity index (χ1v) is 7.37.